The Hall–Kier alpha value is -0.830. The average Bonchev–Trinajstić information content (AvgIpc) is 2.09. The number of hydrogen-bond donors (Lipinski definition) is 1. The topological polar surface area (TPSA) is 37.8 Å². The molecule has 1 atom stereocenters. The molecule has 1 aromatic rings. The van der Waals surface area contributed by atoms with E-state index in [2.05, 4.69) is 29.4 Å². The van der Waals surface area contributed by atoms with Crippen LogP contribution in [0.2, 0.25) is 5.15 Å². The molecule has 0 amide bonds. The molecule has 3 nitrogen and oxygen atoms in total. The van der Waals surface area contributed by atoms with Crippen LogP contribution in [0.3, 0.4) is 0 Å². The summed E-state index contributed by atoms with van der Waals surface area (Å²) in [6.45, 7) is 4.21. The van der Waals surface area contributed by atoms with E-state index in [-0.39, 0.29) is 0 Å². The number of rotatable bonds is 3. The molecule has 4 heteroatoms. The molecule has 1 rings (SSSR count). The zero-order valence-corrected chi connectivity index (χ0v) is 7.97. The van der Waals surface area contributed by atoms with Gasteiger partial charge >= 0.3 is 0 Å². The molecular weight excluding hydrogens is 174 g/mol. The molecule has 0 spiro atoms. The highest BCUT2D eigenvalue weighted by Crippen LogP contribution is 2.07. The third-order valence-corrected chi connectivity index (χ3v) is 1.84. The molecule has 1 heterocycles. The zero-order chi connectivity index (χ0) is 8.97. The molecule has 0 fully saturated rings. The molecule has 0 bridgehead atoms. The van der Waals surface area contributed by atoms with E-state index in [4.69, 9.17) is 11.6 Å². The van der Waals surface area contributed by atoms with Crippen molar-refractivity contribution in [2.24, 2.45) is 0 Å². The predicted octanol–water partition coefficient (Wildman–Crippen LogP) is 2.34. The standard InChI is InChI=1S/C8H12ClN3/c1-3-6(2)10-8-5-4-7(9)11-12-8/h4-6H,3H2,1-2H3,(H,10,12). The summed E-state index contributed by atoms with van der Waals surface area (Å²) < 4.78 is 0. The third kappa shape index (κ3) is 2.66. The van der Waals surface area contributed by atoms with Crippen LogP contribution in [0, 0.1) is 0 Å². The first-order valence-corrected chi connectivity index (χ1v) is 4.36. The molecule has 66 valence electrons. The fourth-order valence-electron chi connectivity index (χ4n) is 0.747. The van der Waals surface area contributed by atoms with Crippen molar-refractivity contribution < 1.29 is 0 Å². The second kappa shape index (κ2) is 4.26. The number of hydrogen-bond acceptors (Lipinski definition) is 3. The highest BCUT2D eigenvalue weighted by molar-refractivity contribution is 6.29. The number of aromatic nitrogens is 2. The Bertz CT molecular complexity index is 235. The SMILES string of the molecule is CCC(C)Nc1ccc(Cl)nn1. The highest BCUT2D eigenvalue weighted by Gasteiger charge is 1.99. The summed E-state index contributed by atoms with van der Waals surface area (Å²) in [7, 11) is 0. The second-order valence-corrected chi connectivity index (χ2v) is 3.08. The minimum atomic E-state index is 0.417. The van der Waals surface area contributed by atoms with Gasteiger partial charge in [0.05, 0.1) is 0 Å². The molecule has 0 radical (unpaired) electrons. The van der Waals surface area contributed by atoms with Gasteiger partial charge in [-0.15, -0.1) is 10.2 Å². The van der Waals surface area contributed by atoms with Crippen LogP contribution in [0.25, 0.3) is 0 Å². The summed E-state index contributed by atoms with van der Waals surface area (Å²) in [4.78, 5) is 0. The molecule has 1 unspecified atom stereocenters. The van der Waals surface area contributed by atoms with E-state index in [0.29, 0.717) is 11.2 Å². The van der Waals surface area contributed by atoms with Crippen LogP contribution in [0.4, 0.5) is 5.82 Å². The Labute approximate surface area is 77.2 Å². The summed E-state index contributed by atoms with van der Waals surface area (Å²) in [5.74, 6) is 0.772. The largest absolute Gasteiger partial charge is 0.366 e. The van der Waals surface area contributed by atoms with Gasteiger partial charge < -0.3 is 5.32 Å². The predicted molar refractivity (Wildman–Crippen MR) is 50.4 cm³/mol. The first-order chi connectivity index (χ1) is 5.72. The molecule has 0 aliphatic carbocycles. The van der Waals surface area contributed by atoms with Gasteiger partial charge in [0.1, 0.15) is 5.82 Å². The van der Waals surface area contributed by atoms with E-state index in [1.807, 2.05) is 6.07 Å². The van der Waals surface area contributed by atoms with Gasteiger partial charge in [0.15, 0.2) is 5.15 Å². The lowest BCUT2D eigenvalue weighted by Gasteiger charge is -2.10. The van der Waals surface area contributed by atoms with Crippen LogP contribution in [0.15, 0.2) is 12.1 Å². The number of anilines is 1. The van der Waals surface area contributed by atoms with Gasteiger partial charge in [-0.3, -0.25) is 0 Å². The Morgan fingerprint density at radius 3 is 2.75 bits per heavy atom. The fraction of sp³-hybridized carbons (Fsp3) is 0.500. The van der Waals surface area contributed by atoms with Crippen molar-refractivity contribution in [2.75, 3.05) is 5.32 Å². The number of halogens is 1. The quantitative estimate of drug-likeness (QED) is 0.786. The summed E-state index contributed by atoms with van der Waals surface area (Å²) in [5, 5.41) is 11.2. The monoisotopic (exact) mass is 185 g/mol. The molecule has 0 aliphatic heterocycles. The summed E-state index contributed by atoms with van der Waals surface area (Å²) in [6, 6.07) is 3.96. The van der Waals surface area contributed by atoms with Gasteiger partial charge in [-0.25, -0.2) is 0 Å². The van der Waals surface area contributed by atoms with Crippen LogP contribution in [-0.2, 0) is 0 Å². The molecule has 0 saturated heterocycles. The van der Waals surface area contributed by atoms with Crippen LogP contribution in [-0.4, -0.2) is 16.2 Å². The normalized spacial score (nSPS) is 12.6. The maximum atomic E-state index is 5.58. The van der Waals surface area contributed by atoms with E-state index >= 15 is 0 Å². The minimum absolute atomic E-state index is 0.417. The van der Waals surface area contributed by atoms with Crippen molar-refractivity contribution in [3.63, 3.8) is 0 Å². The van der Waals surface area contributed by atoms with Crippen LogP contribution >= 0.6 is 11.6 Å². The van der Waals surface area contributed by atoms with Crippen molar-refractivity contribution in [1.82, 2.24) is 10.2 Å². The molecular formula is C8H12ClN3. The first kappa shape index (κ1) is 9.26. The van der Waals surface area contributed by atoms with Crippen molar-refractivity contribution in [1.29, 1.82) is 0 Å². The molecule has 1 N–H and O–H groups in total. The molecule has 0 saturated carbocycles. The zero-order valence-electron chi connectivity index (χ0n) is 7.21. The number of nitrogens with zero attached hydrogens (tertiary/aromatic N) is 2. The average molecular weight is 186 g/mol. The molecule has 1 aromatic heterocycles. The van der Waals surface area contributed by atoms with Gasteiger partial charge in [-0.2, -0.15) is 0 Å². The smallest absolute Gasteiger partial charge is 0.151 e. The first-order valence-electron chi connectivity index (χ1n) is 3.98. The van der Waals surface area contributed by atoms with Crippen LogP contribution in [0.1, 0.15) is 20.3 Å². The van der Waals surface area contributed by atoms with Gasteiger partial charge in [0.25, 0.3) is 0 Å². The lowest BCUT2D eigenvalue weighted by molar-refractivity contribution is 0.755. The van der Waals surface area contributed by atoms with Crippen LogP contribution in [0.5, 0.6) is 0 Å². The Balaban J connectivity index is 2.58. The van der Waals surface area contributed by atoms with Crippen molar-refractivity contribution in [3.05, 3.63) is 17.3 Å². The second-order valence-electron chi connectivity index (χ2n) is 2.69. The van der Waals surface area contributed by atoms with E-state index in [1.165, 1.54) is 0 Å². The van der Waals surface area contributed by atoms with Crippen molar-refractivity contribution in [2.45, 2.75) is 26.3 Å². The van der Waals surface area contributed by atoms with Gasteiger partial charge in [-0.05, 0) is 25.5 Å². The van der Waals surface area contributed by atoms with E-state index in [1.54, 1.807) is 6.07 Å². The third-order valence-electron chi connectivity index (χ3n) is 1.64. The Kier molecular flexibility index (Phi) is 3.29. The van der Waals surface area contributed by atoms with Crippen molar-refractivity contribution in [3.8, 4) is 0 Å². The molecule has 0 aromatic carbocycles. The maximum Gasteiger partial charge on any atom is 0.151 e. The number of nitrogens with one attached hydrogen (secondary N) is 1. The fourth-order valence-corrected chi connectivity index (χ4v) is 0.848. The lowest BCUT2D eigenvalue weighted by Crippen LogP contribution is -2.14. The van der Waals surface area contributed by atoms with Gasteiger partial charge in [-0.1, -0.05) is 18.5 Å². The van der Waals surface area contributed by atoms with E-state index in [9.17, 15) is 0 Å². The highest BCUT2D eigenvalue weighted by atomic mass is 35.5. The molecule has 12 heavy (non-hydrogen) atoms. The summed E-state index contributed by atoms with van der Waals surface area (Å²) in [5.41, 5.74) is 0. The maximum absolute atomic E-state index is 5.58. The van der Waals surface area contributed by atoms with Crippen LogP contribution < -0.4 is 5.32 Å². The van der Waals surface area contributed by atoms with E-state index in [0.717, 1.165) is 12.2 Å². The Morgan fingerprint density at radius 2 is 2.25 bits per heavy atom. The molecule has 0 aliphatic rings. The lowest BCUT2D eigenvalue weighted by atomic mass is 10.2. The van der Waals surface area contributed by atoms with Crippen molar-refractivity contribution >= 4 is 17.4 Å². The Morgan fingerprint density at radius 1 is 1.50 bits per heavy atom. The van der Waals surface area contributed by atoms with Gasteiger partial charge in [0, 0.05) is 6.04 Å². The van der Waals surface area contributed by atoms with Gasteiger partial charge in [0.2, 0.25) is 0 Å². The minimum Gasteiger partial charge on any atom is -0.366 e. The summed E-state index contributed by atoms with van der Waals surface area (Å²) in [6.07, 6.45) is 1.06. The summed E-state index contributed by atoms with van der Waals surface area (Å²) >= 11 is 5.58. The van der Waals surface area contributed by atoms with E-state index < -0.39 is 0 Å².